The van der Waals surface area contributed by atoms with E-state index in [1.54, 1.807) is 4.90 Å². The van der Waals surface area contributed by atoms with Gasteiger partial charge in [-0.05, 0) is 80.1 Å². The molecule has 0 radical (unpaired) electrons. The third kappa shape index (κ3) is 5.77. The molecule has 5 aliphatic rings. The summed E-state index contributed by atoms with van der Waals surface area (Å²) in [7, 11) is 0. The number of hydrogen-bond acceptors (Lipinski definition) is 7. The molecule has 222 valence electrons. The van der Waals surface area contributed by atoms with E-state index in [9.17, 15) is 14.4 Å². The molecule has 42 heavy (non-hydrogen) atoms. The molecule has 7 rings (SSSR count). The second kappa shape index (κ2) is 11.7. The molecule has 4 heterocycles. The highest BCUT2D eigenvalue weighted by Crippen LogP contribution is 2.31. The summed E-state index contributed by atoms with van der Waals surface area (Å²) < 4.78 is 6.31. The summed E-state index contributed by atoms with van der Waals surface area (Å²) >= 11 is 0. The van der Waals surface area contributed by atoms with Crippen LogP contribution in [0, 0.1) is 0 Å². The standard InChI is InChI=1S/C33H41N5O4/c39-31-13-12-30(32(40)34-31)38-21-24-19-28(10-11-29(24)33(38)41)42-22-27-3-1-2-14-37(27)20-23-4-6-25(7-5-23)35-15-17-36(18-16-35)26-8-9-26/h4-7,10-11,19,26-27,30H,1-3,8-9,12-18,20-22H2,(H,34,39,40). The summed E-state index contributed by atoms with van der Waals surface area (Å²) in [5, 5.41) is 2.36. The van der Waals surface area contributed by atoms with Crippen molar-refractivity contribution in [3.8, 4) is 5.75 Å². The van der Waals surface area contributed by atoms with Crippen molar-refractivity contribution in [1.82, 2.24) is 20.0 Å². The number of fused-ring (bicyclic) bond motifs is 1. The van der Waals surface area contributed by atoms with Gasteiger partial charge in [-0.3, -0.25) is 29.5 Å². The maximum atomic E-state index is 13.0. The lowest BCUT2D eigenvalue weighted by Gasteiger charge is -2.37. The highest BCUT2D eigenvalue weighted by molar-refractivity contribution is 6.05. The molecule has 1 N–H and O–H groups in total. The van der Waals surface area contributed by atoms with E-state index < -0.39 is 6.04 Å². The van der Waals surface area contributed by atoms with Crippen LogP contribution in [0.25, 0.3) is 0 Å². The number of piperazine rings is 1. The van der Waals surface area contributed by atoms with Crippen molar-refractivity contribution in [1.29, 1.82) is 0 Å². The van der Waals surface area contributed by atoms with Crippen molar-refractivity contribution >= 4 is 23.4 Å². The lowest BCUT2D eigenvalue weighted by atomic mass is 10.0. The summed E-state index contributed by atoms with van der Waals surface area (Å²) in [4.78, 5) is 46.2. The Bertz CT molecular complexity index is 1330. The summed E-state index contributed by atoms with van der Waals surface area (Å²) in [6, 6.07) is 15.4. The molecular formula is C33H41N5O4. The minimum Gasteiger partial charge on any atom is -0.492 e. The number of imide groups is 1. The molecule has 0 bridgehead atoms. The molecule has 0 spiro atoms. The number of rotatable bonds is 8. The molecule has 3 saturated heterocycles. The number of anilines is 1. The molecule has 2 aromatic carbocycles. The fraction of sp³-hybridized carbons (Fsp3) is 0.545. The Morgan fingerprint density at radius 3 is 2.43 bits per heavy atom. The fourth-order valence-corrected chi connectivity index (χ4v) is 7.12. The van der Waals surface area contributed by atoms with Gasteiger partial charge in [0.1, 0.15) is 18.4 Å². The number of amides is 3. The van der Waals surface area contributed by atoms with E-state index >= 15 is 0 Å². The van der Waals surface area contributed by atoms with E-state index in [1.165, 1.54) is 50.0 Å². The summed E-state index contributed by atoms with van der Waals surface area (Å²) in [6.45, 7) is 7.55. The largest absolute Gasteiger partial charge is 0.492 e. The second-order valence-electron chi connectivity index (χ2n) is 12.6. The van der Waals surface area contributed by atoms with Gasteiger partial charge in [0, 0.05) is 69.0 Å². The first-order chi connectivity index (χ1) is 20.5. The van der Waals surface area contributed by atoms with Crippen LogP contribution in [0.3, 0.4) is 0 Å². The van der Waals surface area contributed by atoms with Gasteiger partial charge in [0.15, 0.2) is 0 Å². The van der Waals surface area contributed by atoms with Crippen molar-refractivity contribution in [3.63, 3.8) is 0 Å². The number of ether oxygens (including phenoxy) is 1. The quantitative estimate of drug-likeness (QED) is 0.488. The van der Waals surface area contributed by atoms with Gasteiger partial charge in [-0.15, -0.1) is 0 Å². The molecule has 2 atom stereocenters. The van der Waals surface area contributed by atoms with Gasteiger partial charge < -0.3 is 14.5 Å². The van der Waals surface area contributed by atoms with E-state index in [0.29, 0.717) is 31.2 Å². The normalized spacial score (nSPS) is 25.5. The zero-order chi connectivity index (χ0) is 28.6. The Labute approximate surface area is 247 Å². The Morgan fingerprint density at radius 2 is 1.67 bits per heavy atom. The van der Waals surface area contributed by atoms with E-state index in [2.05, 4.69) is 44.3 Å². The van der Waals surface area contributed by atoms with Crippen molar-refractivity contribution in [2.75, 3.05) is 44.2 Å². The van der Waals surface area contributed by atoms with E-state index in [4.69, 9.17) is 4.74 Å². The Morgan fingerprint density at radius 1 is 0.857 bits per heavy atom. The van der Waals surface area contributed by atoms with Gasteiger partial charge in [-0.1, -0.05) is 18.6 Å². The average Bonchev–Trinajstić information content (AvgIpc) is 3.81. The van der Waals surface area contributed by atoms with Gasteiger partial charge in [-0.25, -0.2) is 0 Å². The molecule has 1 saturated carbocycles. The third-order valence-electron chi connectivity index (χ3n) is 9.75. The fourth-order valence-electron chi connectivity index (χ4n) is 7.12. The maximum absolute atomic E-state index is 13.0. The van der Waals surface area contributed by atoms with Crippen LogP contribution >= 0.6 is 0 Å². The first kappa shape index (κ1) is 27.4. The SMILES string of the molecule is O=C1CCC(N2Cc3cc(OCC4CCCCN4Cc4ccc(N5CCN(C6CC6)CC5)cc4)ccc3C2=O)C(=O)N1. The van der Waals surface area contributed by atoms with Gasteiger partial charge in [0.2, 0.25) is 11.8 Å². The van der Waals surface area contributed by atoms with E-state index in [1.807, 2.05) is 18.2 Å². The summed E-state index contributed by atoms with van der Waals surface area (Å²) in [5.74, 6) is -0.0653. The van der Waals surface area contributed by atoms with Crippen molar-refractivity contribution in [3.05, 3.63) is 59.2 Å². The molecular weight excluding hydrogens is 530 g/mol. The Balaban J connectivity index is 0.939. The lowest BCUT2D eigenvalue weighted by Crippen LogP contribution is -2.52. The van der Waals surface area contributed by atoms with Crippen molar-refractivity contribution in [2.45, 2.75) is 76.2 Å². The van der Waals surface area contributed by atoms with Crippen molar-refractivity contribution < 1.29 is 19.1 Å². The van der Waals surface area contributed by atoms with E-state index in [-0.39, 0.29) is 24.1 Å². The van der Waals surface area contributed by atoms with Gasteiger partial charge >= 0.3 is 0 Å². The molecule has 3 amide bonds. The number of likely N-dealkylation sites (tertiary alicyclic amines) is 1. The zero-order valence-corrected chi connectivity index (χ0v) is 24.3. The number of piperidine rings is 2. The second-order valence-corrected chi connectivity index (χ2v) is 12.6. The summed E-state index contributed by atoms with van der Waals surface area (Å²) in [5.41, 5.74) is 4.15. The van der Waals surface area contributed by atoms with E-state index in [0.717, 1.165) is 50.0 Å². The number of carbonyl (C=O) groups is 3. The smallest absolute Gasteiger partial charge is 0.255 e. The molecule has 4 aliphatic heterocycles. The number of nitrogens with one attached hydrogen (secondary N) is 1. The number of carbonyl (C=O) groups excluding carboxylic acids is 3. The molecule has 2 aromatic rings. The lowest BCUT2D eigenvalue weighted by molar-refractivity contribution is -0.136. The van der Waals surface area contributed by atoms with Crippen LogP contribution < -0.4 is 15.0 Å². The van der Waals surface area contributed by atoms with Gasteiger partial charge in [0.05, 0.1) is 0 Å². The maximum Gasteiger partial charge on any atom is 0.255 e. The number of benzene rings is 2. The monoisotopic (exact) mass is 571 g/mol. The predicted molar refractivity (Wildman–Crippen MR) is 159 cm³/mol. The minimum absolute atomic E-state index is 0.156. The summed E-state index contributed by atoms with van der Waals surface area (Å²) in [6.07, 6.45) is 6.91. The first-order valence-corrected chi connectivity index (χ1v) is 15.7. The highest BCUT2D eigenvalue weighted by Gasteiger charge is 2.39. The predicted octanol–water partition coefficient (Wildman–Crippen LogP) is 3.17. The van der Waals surface area contributed by atoms with Gasteiger partial charge in [0.25, 0.3) is 5.91 Å². The Hall–Kier alpha value is -3.43. The molecule has 9 heteroatoms. The van der Waals surface area contributed by atoms with Crippen LogP contribution in [0.5, 0.6) is 5.75 Å². The van der Waals surface area contributed by atoms with Gasteiger partial charge in [-0.2, -0.15) is 0 Å². The third-order valence-corrected chi connectivity index (χ3v) is 9.75. The minimum atomic E-state index is -0.602. The van der Waals surface area contributed by atoms with Crippen LogP contribution in [0.2, 0.25) is 0 Å². The zero-order valence-electron chi connectivity index (χ0n) is 24.3. The van der Waals surface area contributed by atoms with Crippen molar-refractivity contribution in [2.24, 2.45) is 0 Å². The topological polar surface area (TPSA) is 85.4 Å². The average molecular weight is 572 g/mol. The highest BCUT2D eigenvalue weighted by atomic mass is 16.5. The van der Waals surface area contributed by atoms with Crippen LogP contribution in [0.4, 0.5) is 5.69 Å². The van der Waals surface area contributed by atoms with Crippen LogP contribution in [-0.2, 0) is 22.7 Å². The molecule has 9 nitrogen and oxygen atoms in total. The molecule has 2 unspecified atom stereocenters. The van der Waals surface area contributed by atoms with Crippen LogP contribution in [-0.4, -0.2) is 89.9 Å². The number of nitrogens with zero attached hydrogens (tertiary/aromatic N) is 4. The Kier molecular flexibility index (Phi) is 7.63. The molecule has 4 fully saturated rings. The molecule has 0 aromatic heterocycles. The van der Waals surface area contributed by atoms with Crippen LogP contribution in [0.1, 0.15) is 66.4 Å². The first-order valence-electron chi connectivity index (χ1n) is 15.7. The number of hydrogen-bond donors (Lipinski definition) is 1. The molecule has 1 aliphatic carbocycles. The van der Waals surface area contributed by atoms with Crippen LogP contribution in [0.15, 0.2) is 42.5 Å².